The zero-order valence-corrected chi connectivity index (χ0v) is 11.6. The predicted octanol–water partition coefficient (Wildman–Crippen LogP) is 4.74. The van der Waals surface area contributed by atoms with Gasteiger partial charge in [0, 0.05) is 6.42 Å². The van der Waals surface area contributed by atoms with Crippen LogP contribution in [0, 0.1) is 5.92 Å². The number of aliphatic carboxylic acids is 1. The third-order valence-corrected chi connectivity index (χ3v) is 2.81. The van der Waals surface area contributed by atoms with Crippen LogP contribution in [0.15, 0.2) is 36.5 Å². The molecule has 0 aliphatic heterocycles. The van der Waals surface area contributed by atoms with Crippen molar-refractivity contribution in [2.75, 3.05) is 0 Å². The molecule has 0 rings (SSSR count). The number of hydrogen-bond donors (Lipinski definition) is 1. The monoisotopic (exact) mass is 250 g/mol. The van der Waals surface area contributed by atoms with Crippen molar-refractivity contribution in [1.29, 1.82) is 0 Å². The Hall–Kier alpha value is -1.31. The normalized spacial score (nSPS) is 13.9. The molecule has 0 bridgehead atoms. The number of carboxylic acid groups (broad SMARTS) is 1. The van der Waals surface area contributed by atoms with Gasteiger partial charge in [0.1, 0.15) is 0 Å². The van der Waals surface area contributed by atoms with E-state index >= 15 is 0 Å². The van der Waals surface area contributed by atoms with Crippen LogP contribution in [0.4, 0.5) is 0 Å². The first kappa shape index (κ1) is 16.7. The second-order valence-corrected chi connectivity index (χ2v) is 4.53. The molecule has 0 aromatic heterocycles. The Morgan fingerprint density at radius 1 is 1.17 bits per heavy atom. The lowest BCUT2D eigenvalue weighted by atomic mass is 9.94. The molecule has 0 aromatic carbocycles. The van der Waals surface area contributed by atoms with Crippen LogP contribution < -0.4 is 0 Å². The molecule has 0 spiro atoms. The lowest BCUT2D eigenvalue weighted by Crippen LogP contribution is -2.07. The number of hydrogen-bond acceptors (Lipinski definition) is 1. The average molecular weight is 250 g/mol. The van der Waals surface area contributed by atoms with E-state index in [-0.39, 0.29) is 12.3 Å². The maximum Gasteiger partial charge on any atom is 0.303 e. The summed E-state index contributed by atoms with van der Waals surface area (Å²) >= 11 is 0. The van der Waals surface area contributed by atoms with Gasteiger partial charge in [0.2, 0.25) is 0 Å². The van der Waals surface area contributed by atoms with Crippen molar-refractivity contribution in [2.24, 2.45) is 5.92 Å². The van der Waals surface area contributed by atoms with E-state index in [1.165, 1.54) is 12.8 Å². The van der Waals surface area contributed by atoms with Crippen LogP contribution in [0.1, 0.15) is 52.4 Å². The molecule has 0 radical (unpaired) electrons. The molecule has 0 fully saturated rings. The van der Waals surface area contributed by atoms with Crippen molar-refractivity contribution < 1.29 is 9.90 Å². The summed E-state index contributed by atoms with van der Waals surface area (Å²) in [5, 5.41) is 8.87. The fraction of sp³-hybridized carbons (Fsp3) is 0.562. The van der Waals surface area contributed by atoms with Crippen molar-refractivity contribution in [1.82, 2.24) is 0 Å². The maximum absolute atomic E-state index is 10.8. The molecule has 18 heavy (non-hydrogen) atoms. The van der Waals surface area contributed by atoms with Gasteiger partial charge in [-0.2, -0.15) is 0 Å². The molecule has 2 nitrogen and oxygen atoms in total. The fourth-order valence-electron chi connectivity index (χ4n) is 1.82. The smallest absolute Gasteiger partial charge is 0.303 e. The molecule has 0 saturated carbocycles. The summed E-state index contributed by atoms with van der Waals surface area (Å²) in [7, 11) is 0. The zero-order valence-electron chi connectivity index (χ0n) is 11.6. The van der Waals surface area contributed by atoms with Crippen LogP contribution in [0.25, 0.3) is 0 Å². The molecule has 1 N–H and O–H groups in total. The Morgan fingerprint density at radius 2 is 1.89 bits per heavy atom. The Morgan fingerprint density at radius 3 is 2.50 bits per heavy atom. The molecule has 0 heterocycles. The standard InChI is InChI=1S/C16H26O2/c1-3-5-7-8-9-11-13-15(14-16(17)18)12-10-6-4-2/h3,5,7-9,11,15H,4,6,10,12-14H2,1-2H3,(H,17,18)/b5-3+,8-7+,11-9+. The molecule has 102 valence electrons. The second-order valence-electron chi connectivity index (χ2n) is 4.53. The highest BCUT2D eigenvalue weighted by Gasteiger charge is 2.10. The van der Waals surface area contributed by atoms with Crippen molar-refractivity contribution >= 4 is 5.97 Å². The summed E-state index contributed by atoms with van der Waals surface area (Å²) in [4.78, 5) is 10.8. The van der Waals surface area contributed by atoms with E-state index in [4.69, 9.17) is 5.11 Å². The molecule has 0 aliphatic rings. The second kappa shape index (κ2) is 12.2. The molecule has 1 atom stereocenters. The minimum Gasteiger partial charge on any atom is -0.481 e. The van der Waals surface area contributed by atoms with Gasteiger partial charge in [0.25, 0.3) is 0 Å². The van der Waals surface area contributed by atoms with Crippen molar-refractivity contribution in [3.8, 4) is 0 Å². The number of rotatable bonds is 10. The van der Waals surface area contributed by atoms with Crippen LogP contribution in [-0.4, -0.2) is 11.1 Å². The van der Waals surface area contributed by atoms with Gasteiger partial charge < -0.3 is 5.11 Å². The number of carbonyl (C=O) groups is 1. The Bertz CT molecular complexity index is 287. The highest BCUT2D eigenvalue weighted by Crippen LogP contribution is 2.18. The minimum absolute atomic E-state index is 0.278. The molecule has 1 unspecified atom stereocenters. The lowest BCUT2D eigenvalue weighted by Gasteiger charge is -2.11. The summed E-state index contributed by atoms with van der Waals surface area (Å²) < 4.78 is 0. The van der Waals surface area contributed by atoms with Gasteiger partial charge >= 0.3 is 5.97 Å². The van der Waals surface area contributed by atoms with Gasteiger partial charge in [0.05, 0.1) is 0 Å². The molecule has 0 amide bonds. The van der Waals surface area contributed by atoms with E-state index < -0.39 is 5.97 Å². The predicted molar refractivity (Wildman–Crippen MR) is 77.6 cm³/mol. The Balaban J connectivity index is 4.02. The first-order valence-corrected chi connectivity index (χ1v) is 6.87. The Labute approximate surface area is 111 Å². The quantitative estimate of drug-likeness (QED) is 0.449. The number of unbranched alkanes of at least 4 members (excludes halogenated alkanes) is 2. The van der Waals surface area contributed by atoms with Gasteiger partial charge in [-0.1, -0.05) is 62.6 Å². The molecular formula is C16H26O2. The van der Waals surface area contributed by atoms with Gasteiger partial charge in [-0.25, -0.2) is 0 Å². The highest BCUT2D eigenvalue weighted by molar-refractivity contribution is 5.67. The van der Waals surface area contributed by atoms with E-state index in [9.17, 15) is 4.79 Å². The zero-order chi connectivity index (χ0) is 13.6. The molecular weight excluding hydrogens is 224 g/mol. The summed E-state index contributed by atoms with van der Waals surface area (Å²) in [6, 6.07) is 0. The lowest BCUT2D eigenvalue weighted by molar-refractivity contribution is -0.138. The van der Waals surface area contributed by atoms with Crippen molar-refractivity contribution in [3.05, 3.63) is 36.5 Å². The summed E-state index contributed by atoms with van der Waals surface area (Å²) in [6.07, 6.45) is 17.6. The van der Waals surface area contributed by atoms with E-state index in [1.54, 1.807) is 0 Å². The number of allylic oxidation sites excluding steroid dienone is 6. The van der Waals surface area contributed by atoms with Crippen LogP contribution in [0.2, 0.25) is 0 Å². The minimum atomic E-state index is -0.686. The van der Waals surface area contributed by atoms with Crippen LogP contribution >= 0.6 is 0 Å². The SMILES string of the molecule is C/C=C/C=C/C=C/CC(CCCCC)CC(=O)O. The topological polar surface area (TPSA) is 37.3 Å². The first-order chi connectivity index (χ1) is 8.70. The molecule has 2 heteroatoms. The molecule has 0 aromatic rings. The largest absolute Gasteiger partial charge is 0.481 e. The average Bonchev–Trinajstić information content (AvgIpc) is 2.33. The summed E-state index contributed by atoms with van der Waals surface area (Å²) in [5.41, 5.74) is 0. The summed E-state index contributed by atoms with van der Waals surface area (Å²) in [5.74, 6) is -0.408. The van der Waals surface area contributed by atoms with Gasteiger partial charge in [-0.05, 0) is 25.7 Å². The third-order valence-electron chi connectivity index (χ3n) is 2.81. The van der Waals surface area contributed by atoms with Crippen LogP contribution in [0.3, 0.4) is 0 Å². The van der Waals surface area contributed by atoms with E-state index in [0.29, 0.717) is 0 Å². The third kappa shape index (κ3) is 11.2. The maximum atomic E-state index is 10.8. The van der Waals surface area contributed by atoms with E-state index in [1.807, 2.05) is 37.3 Å². The van der Waals surface area contributed by atoms with Gasteiger partial charge in [-0.15, -0.1) is 0 Å². The van der Waals surface area contributed by atoms with Crippen molar-refractivity contribution in [2.45, 2.75) is 52.4 Å². The van der Waals surface area contributed by atoms with Crippen LogP contribution in [0.5, 0.6) is 0 Å². The molecule has 0 aliphatic carbocycles. The first-order valence-electron chi connectivity index (χ1n) is 6.87. The van der Waals surface area contributed by atoms with E-state index in [0.717, 1.165) is 19.3 Å². The number of carboxylic acids is 1. The molecule has 0 saturated heterocycles. The van der Waals surface area contributed by atoms with Crippen LogP contribution in [-0.2, 0) is 4.79 Å². The van der Waals surface area contributed by atoms with E-state index in [2.05, 4.69) is 13.0 Å². The van der Waals surface area contributed by atoms with Gasteiger partial charge in [-0.3, -0.25) is 4.79 Å². The van der Waals surface area contributed by atoms with Crippen molar-refractivity contribution in [3.63, 3.8) is 0 Å². The van der Waals surface area contributed by atoms with Gasteiger partial charge in [0.15, 0.2) is 0 Å². The fourth-order valence-corrected chi connectivity index (χ4v) is 1.82. The summed E-state index contributed by atoms with van der Waals surface area (Å²) in [6.45, 7) is 4.14. The Kier molecular flexibility index (Phi) is 11.3. The highest BCUT2D eigenvalue weighted by atomic mass is 16.4.